The fraction of sp³-hybridized carbons (Fsp3) is 0.833. The Balaban J connectivity index is 5.03. The minimum Gasteiger partial charge on any atom is -0.460 e. The molecule has 0 aromatic heterocycles. The van der Waals surface area contributed by atoms with Gasteiger partial charge in [0.25, 0.3) is 0 Å². The first kappa shape index (κ1) is 22.4. The molecule has 0 spiro atoms. The van der Waals surface area contributed by atoms with Crippen LogP contribution in [0.2, 0.25) is 0 Å². The van der Waals surface area contributed by atoms with Crippen molar-refractivity contribution in [3.8, 4) is 0 Å². The number of rotatable bonds is 5. The summed E-state index contributed by atoms with van der Waals surface area (Å²) < 4.78 is 15.8. The fourth-order valence-corrected chi connectivity index (χ4v) is 1.73. The second-order valence-corrected chi connectivity index (χ2v) is 8.74. The molecule has 0 N–H and O–H groups in total. The van der Waals surface area contributed by atoms with Crippen molar-refractivity contribution in [1.82, 2.24) is 0 Å². The van der Waals surface area contributed by atoms with Crippen molar-refractivity contribution in [2.24, 2.45) is 5.92 Å². The van der Waals surface area contributed by atoms with Gasteiger partial charge in [-0.15, -0.1) is 0 Å². The van der Waals surface area contributed by atoms with Gasteiger partial charge in [0, 0.05) is 6.42 Å². The van der Waals surface area contributed by atoms with Gasteiger partial charge in [0.1, 0.15) is 16.8 Å². The van der Waals surface area contributed by atoms with E-state index in [0.29, 0.717) is 0 Å². The lowest BCUT2D eigenvalue weighted by Gasteiger charge is -2.26. The molecule has 0 rings (SSSR count). The van der Waals surface area contributed by atoms with Crippen LogP contribution in [-0.4, -0.2) is 34.7 Å². The zero-order valence-corrected chi connectivity index (χ0v) is 16.4. The van der Waals surface area contributed by atoms with Crippen LogP contribution in [0.3, 0.4) is 0 Å². The third-order valence-electron chi connectivity index (χ3n) is 2.44. The summed E-state index contributed by atoms with van der Waals surface area (Å²) in [6, 6.07) is 0. The maximum atomic E-state index is 12.3. The molecule has 0 fully saturated rings. The van der Waals surface area contributed by atoms with Crippen molar-refractivity contribution in [2.45, 2.75) is 92.0 Å². The normalized spacial score (nSPS) is 12.8. The van der Waals surface area contributed by atoms with Gasteiger partial charge in [-0.1, -0.05) is 0 Å². The highest BCUT2D eigenvalue weighted by atomic mass is 16.6. The first-order valence-corrected chi connectivity index (χ1v) is 8.18. The third-order valence-corrected chi connectivity index (χ3v) is 2.44. The molecule has 0 aromatic carbocycles. The Kier molecular flexibility index (Phi) is 7.46. The van der Waals surface area contributed by atoms with Crippen LogP contribution in [0.15, 0.2) is 0 Å². The van der Waals surface area contributed by atoms with Crippen LogP contribution >= 0.6 is 0 Å². The second kappa shape index (κ2) is 7.99. The zero-order valence-electron chi connectivity index (χ0n) is 16.4. The summed E-state index contributed by atoms with van der Waals surface area (Å²) in [6.07, 6.45) is -0.0842. The molecule has 0 aliphatic rings. The summed E-state index contributed by atoms with van der Waals surface area (Å²) in [5.74, 6) is -3.02. The van der Waals surface area contributed by atoms with Gasteiger partial charge >= 0.3 is 17.9 Å². The molecule has 0 amide bonds. The predicted molar refractivity (Wildman–Crippen MR) is 90.3 cm³/mol. The van der Waals surface area contributed by atoms with Crippen molar-refractivity contribution in [1.29, 1.82) is 0 Å². The highest BCUT2D eigenvalue weighted by Gasteiger charge is 2.35. The van der Waals surface area contributed by atoms with E-state index in [1.165, 1.54) is 0 Å². The van der Waals surface area contributed by atoms with Gasteiger partial charge in [-0.2, -0.15) is 0 Å². The predicted octanol–water partition coefficient (Wildman–Crippen LogP) is 3.41. The van der Waals surface area contributed by atoms with Crippen LogP contribution in [0.4, 0.5) is 0 Å². The van der Waals surface area contributed by atoms with E-state index >= 15 is 0 Å². The number of hydrogen-bond donors (Lipinski definition) is 0. The van der Waals surface area contributed by atoms with E-state index in [4.69, 9.17) is 14.2 Å². The van der Waals surface area contributed by atoms with Crippen molar-refractivity contribution >= 4 is 17.9 Å². The highest BCUT2D eigenvalue weighted by Crippen LogP contribution is 2.21. The Morgan fingerprint density at radius 2 is 1.00 bits per heavy atom. The smallest absolute Gasteiger partial charge is 0.320 e. The van der Waals surface area contributed by atoms with Crippen molar-refractivity contribution in [2.75, 3.05) is 0 Å². The van der Waals surface area contributed by atoms with Crippen LogP contribution in [0.5, 0.6) is 0 Å². The molecule has 0 radical (unpaired) electrons. The quantitative estimate of drug-likeness (QED) is 0.432. The standard InChI is InChI=1S/C18H32O6/c1-16(2,3)22-13(19)11-10-12(14(20)23-17(4,5)6)15(21)24-18(7,8)9/h12H,10-11H2,1-9H3. The SMILES string of the molecule is CC(C)(C)OC(=O)CCC(C(=O)OC(C)(C)C)C(=O)OC(C)(C)C. The molecule has 0 aliphatic heterocycles. The van der Waals surface area contributed by atoms with Gasteiger partial charge in [-0.25, -0.2) is 0 Å². The van der Waals surface area contributed by atoms with Crippen LogP contribution in [0, 0.1) is 5.92 Å². The molecule has 0 saturated carbocycles. The molecule has 0 atom stereocenters. The molecule has 0 unspecified atom stereocenters. The van der Waals surface area contributed by atoms with Gasteiger partial charge in [-0.05, 0) is 68.7 Å². The Labute approximate surface area is 145 Å². The average molecular weight is 344 g/mol. The summed E-state index contributed by atoms with van der Waals surface area (Å²) in [4.78, 5) is 36.5. The van der Waals surface area contributed by atoms with Crippen LogP contribution in [0.25, 0.3) is 0 Å². The Morgan fingerprint density at radius 1 is 0.667 bits per heavy atom. The highest BCUT2D eigenvalue weighted by molar-refractivity contribution is 5.95. The number of esters is 3. The third kappa shape index (κ3) is 11.0. The molecule has 0 aromatic rings. The molecule has 0 aliphatic carbocycles. The molecular formula is C18H32O6. The van der Waals surface area contributed by atoms with E-state index in [1.807, 2.05) is 0 Å². The minimum absolute atomic E-state index is 0.0151. The van der Waals surface area contributed by atoms with Gasteiger partial charge in [0.15, 0.2) is 5.92 Å². The first-order chi connectivity index (χ1) is 10.5. The minimum atomic E-state index is -1.16. The van der Waals surface area contributed by atoms with E-state index in [9.17, 15) is 14.4 Å². The van der Waals surface area contributed by atoms with E-state index in [-0.39, 0.29) is 12.8 Å². The lowest BCUT2D eigenvalue weighted by atomic mass is 10.0. The Morgan fingerprint density at radius 3 is 1.29 bits per heavy atom. The number of hydrogen-bond acceptors (Lipinski definition) is 6. The lowest BCUT2D eigenvalue weighted by molar-refractivity contribution is -0.175. The Hall–Kier alpha value is -1.59. The largest absolute Gasteiger partial charge is 0.460 e. The van der Waals surface area contributed by atoms with Gasteiger partial charge in [0.2, 0.25) is 0 Å². The average Bonchev–Trinajstić information content (AvgIpc) is 2.20. The summed E-state index contributed by atoms with van der Waals surface area (Å²) in [7, 11) is 0. The van der Waals surface area contributed by atoms with Crippen molar-refractivity contribution in [3.05, 3.63) is 0 Å². The van der Waals surface area contributed by atoms with Crippen LogP contribution < -0.4 is 0 Å². The molecule has 0 heterocycles. The maximum absolute atomic E-state index is 12.3. The van der Waals surface area contributed by atoms with Crippen LogP contribution in [-0.2, 0) is 28.6 Å². The second-order valence-electron chi connectivity index (χ2n) is 8.74. The van der Waals surface area contributed by atoms with Crippen molar-refractivity contribution < 1.29 is 28.6 Å². The summed E-state index contributed by atoms with van der Waals surface area (Å²) in [6.45, 7) is 15.5. The zero-order chi connectivity index (χ0) is 19.3. The van der Waals surface area contributed by atoms with E-state index in [1.54, 1.807) is 62.3 Å². The molecule has 0 saturated heterocycles. The molecule has 0 bridgehead atoms. The van der Waals surface area contributed by atoms with Gasteiger partial charge < -0.3 is 14.2 Å². The monoisotopic (exact) mass is 344 g/mol. The van der Waals surface area contributed by atoms with Crippen LogP contribution in [0.1, 0.15) is 75.2 Å². The fourth-order valence-electron chi connectivity index (χ4n) is 1.73. The van der Waals surface area contributed by atoms with E-state index < -0.39 is 40.6 Å². The molecule has 6 nitrogen and oxygen atoms in total. The molecule has 140 valence electrons. The van der Waals surface area contributed by atoms with Gasteiger partial charge in [-0.3, -0.25) is 14.4 Å². The van der Waals surface area contributed by atoms with E-state index in [0.717, 1.165) is 0 Å². The van der Waals surface area contributed by atoms with E-state index in [2.05, 4.69) is 0 Å². The lowest BCUT2D eigenvalue weighted by Crippen LogP contribution is -2.37. The Bertz CT molecular complexity index is 431. The topological polar surface area (TPSA) is 78.9 Å². The summed E-state index contributed by atoms with van der Waals surface area (Å²) in [5.41, 5.74) is -2.09. The van der Waals surface area contributed by atoms with Gasteiger partial charge in [0.05, 0.1) is 0 Å². The summed E-state index contributed by atoms with van der Waals surface area (Å²) in [5, 5.41) is 0. The molecular weight excluding hydrogens is 312 g/mol. The summed E-state index contributed by atoms with van der Waals surface area (Å²) >= 11 is 0. The number of carbonyl (C=O) groups excluding carboxylic acids is 3. The van der Waals surface area contributed by atoms with Crippen molar-refractivity contribution in [3.63, 3.8) is 0 Å². The number of carbonyl (C=O) groups is 3. The molecule has 24 heavy (non-hydrogen) atoms. The molecule has 6 heteroatoms. The first-order valence-electron chi connectivity index (χ1n) is 8.18. The maximum Gasteiger partial charge on any atom is 0.320 e. The number of ether oxygens (including phenoxy) is 3.